The zero-order chi connectivity index (χ0) is 17.3. The fourth-order valence-corrected chi connectivity index (χ4v) is 2.42. The van der Waals surface area contributed by atoms with Crippen molar-refractivity contribution in [3.8, 4) is 28.7 Å². The Bertz CT molecular complexity index is 817. The van der Waals surface area contributed by atoms with Crippen LogP contribution in [0, 0.1) is 11.3 Å². The number of nitrogens with zero attached hydrogens (tertiary/aromatic N) is 1. The minimum absolute atomic E-state index is 0.251. The number of halogens is 3. The predicted octanol–water partition coefficient (Wildman–Crippen LogP) is 3.15. The van der Waals surface area contributed by atoms with Gasteiger partial charge in [0.05, 0.1) is 11.3 Å². The van der Waals surface area contributed by atoms with Crippen LogP contribution in [0.2, 0.25) is 0 Å². The highest BCUT2D eigenvalue weighted by Crippen LogP contribution is 2.40. The van der Waals surface area contributed by atoms with Crippen molar-refractivity contribution < 1.29 is 27.6 Å². The smallest absolute Gasteiger partial charge is 0.406 e. The maximum Gasteiger partial charge on any atom is 0.573 e. The van der Waals surface area contributed by atoms with E-state index >= 15 is 0 Å². The maximum atomic E-state index is 12.2. The molecule has 0 unspecified atom stereocenters. The Labute approximate surface area is 135 Å². The monoisotopic (exact) mass is 333 g/mol. The van der Waals surface area contributed by atoms with Crippen LogP contribution in [0.4, 0.5) is 18.9 Å². The summed E-state index contributed by atoms with van der Waals surface area (Å²) in [5, 5.41) is 9.22. The molecule has 0 aliphatic carbocycles. The van der Waals surface area contributed by atoms with Crippen LogP contribution in [-0.4, -0.2) is 13.8 Å². The fraction of sp³-hybridized carbons (Fsp3) is 0.133. The Morgan fingerprint density at radius 1 is 1.25 bits per heavy atom. The number of nitrogens with two attached hydrogens (primary N) is 1. The van der Waals surface area contributed by atoms with Gasteiger partial charge in [0.1, 0.15) is 11.8 Å². The topological polar surface area (TPSA) is 77.5 Å². The quantitative estimate of drug-likeness (QED) is 0.519. The number of nitrogen functional groups attached to an aromatic ring is 1. The van der Waals surface area contributed by atoms with Crippen molar-refractivity contribution in [1.82, 2.24) is 0 Å². The summed E-state index contributed by atoms with van der Waals surface area (Å²) in [5.74, 6) is -0.0278. The molecule has 24 heavy (non-hydrogen) atoms. The third kappa shape index (κ3) is 3.09. The first kappa shape index (κ1) is 16.0. The molecule has 0 amide bonds. The SMILES string of the molecule is N#Cc1c(N)cc(-c2ccc(OC(F)(F)F)cc2)c2c1C[B]OO2. The number of rotatable bonds is 2. The van der Waals surface area contributed by atoms with Crippen LogP contribution in [0.15, 0.2) is 30.3 Å². The Kier molecular flexibility index (Phi) is 3.99. The molecule has 0 fully saturated rings. The Morgan fingerprint density at radius 3 is 2.58 bits per heavy atom. The average Bonchev–Trinajstić information content (AvgIpc) is 2.53. The molecular weight excluding hydrogens is 324 g/mol. The molecule has 0 saturated heterocycles. The summed E-state index contributed by atoms with van der Waals surface area (Å²) in [6.45, 7) is 0. The minimum Gasteiger partial charge on any atom is -0.406 e. The summed E-state index contributed by atoms with van der Waals surface area (Å²) >= 11 is 0. The molecule has 5 nitrogen and oxygen atoms in total. The summed E-state index contributed by atoms with van der Waals surface area (Å²) in [6, 6.07) is 8.76. The summed E-state index contributed by atoms with van der Waals surface area (Å²) in [6.07, 6.45) is -4.43. The molecule has 2 aromatic rings. The predicted molar refractivity (Wildman–Crippen MR) is 78.9 cm³/mol. The van der Waals surface area contributed by atoms with Crippen LogP contribution in [-0.2, 0) is 11.1 Å². The van der Waals surface area contributed by atoms with Gasteiger partial charge in [-0.25, -0.2) is 0 Å². The van der Waals surface area contributed by atoms with E-state index in [0.717, 1.165) is 0 Å². The van der Waals surface area contributed by atoms with Crippen LogP contribution < -0.4 is 15.4 Å². The van der Waals surface area contributed by atoms with Gasteiger partial charge in [-0.2, -0.15) is 5.26 Å². The van der Waals surface area contributed by atoms with E-state index in [1.807, 2.05) is 6.07 Å². The fourth-order valence-electron chi connectivity index (χ4n) is 2.42. The first-order chi connectivity index (χ1) is 11.4. The second-order valence-electron chi connectivity index (χ2n) is 4.93. The van der Waals surface area contributed by atoms with Crippen molar-refractivity contribution in [2.24, 2.45) is 0 Å². The van der Waals surface area contributed by atoms with Crippen LogP contribution in [0.3, 0.4) is 0 Å². The number of hydrogen-bond donors (Lipinski definition) is 1. The van der Waals surface area contributed by atoms with Gasteiger partial charge in [0.25, 0.3) is 0 Å². The second-order valence-corrected chi connectivity index (χ2v) is 4.93. The standard InChI is InChI=1S/C15H9BF3N2O3/c17-15(18,19)22-9-3-1-8(2-4-9)10-5-13(21)12(7-20)11-6-16-24-23-14(10)11/h1-5H,6,21H2. The first-order valence-electron chi connectivity index (χ1n) is 6.75. The van der Waals surface area contributed by atoms with Crippen LogP contribution in [0.25, 0.3) is 11.1 Å². The van der Waals surface area contributed by atoms with Crippen molar-refractivity contribution >= 4 is 13.2 Å². The number of ether oxygens (including phenoxy) is 1. The molecule has 1 heterocycles. The Morgan fingerprint density at radius 2 is 1.96 bits per heavy atom. The molecule has 121 valence electrons. The largest absolute Gasteiger partial charge is 0.573 e. The number of fused-ring (bicyclic) bond motifs is 1. The Balaban J connectivity index is 2.04. The zero-order valence-corrected chi connectivity index (χ0v) is 12.1. The number of anilines is 1. The van der Waals surface area contributed by atoms with Gasteiger partial charge in [-0.1, -0.05) is 12.1 Å². The van der Waals surface area contributed by atoms with Crippen molar-refractivity contribution in [2.45, 2.75) is 12.7 Å². The highest BCUT2D eigenvalue weighted by atomic mass is 19.4. The summed E-state index contributed by atoms with van der Waals surface area (Å²) < 4.78 is 40.5. The van der Waals surface area contributed by atoms with Gasteiger partial charge in [-0.05, 0) is 30.1 Å². The highest BCUT2D eigenvalue weighted by Gasteiger charge is 2.31. The van der Waals surface area contributed by atoms with E-state index in [0.29, 0.717) is 28.8 Å². The highest BCUT2D eigenvalue weighted by molar-refractivity contribution is 6.27. The number of alkyl halides is 3. The molecule has 1 radical (unpaired) electrons. The molecule has 0 atom stereocenters. The Hall–Kier alpha value is -2.86. The van der Waals surface area contributed by atoms with Gasteiger partial charge in [0.15, 0.2) is 5.75 Å². The van der Waals surface area contributed by atoms with Gasteiger partial charge < -0.3 is 15.4 Å². The molecule has 0 spiro atoms. The second kappa shape index (κ2) is 5.98. The van der Waals surface area contributed by atoms with Gasteiger partial charge in [-0.15, -0.1) is 13.2 Å². The van der Waals surface area contributed by atoms with Crippen molar-refractivity contribution in [3.63, 3.8) is 0 Å². The lowest BCUT2D eigenvalue weighted by atomic mass is 9.83. The minimum atomic E-state index is -4.76. The maximum absolute atomic E-state index is 12.2. The molecule has 1 aliphatic heterocycles. The number of benzene rings is 2. The van der Waals surface area contributed by atoms with Crippen LogP contribution >= 0.6 is 0 Å². The van der Waals surface area contributed by atoms with E-state index in [2.05, 4.69) is 4.74 Å². The third-order valence-corrected chi connectivity index (χ3v) is 3.41. The molecule has 1 aliphatic rings. The van der Waals surface area contributed by atoms with Crippen molar-refractivity contribution in [2.75, 3.05) is 5.73 Å². The summed E-state index contributed by atoms with van der Waals surface area (Å²) in [7, 11) is 1.38. The average molecular weight is 333 g/mol. The van der Waals surface area contributed by atoms with Gasteiger partial charge >= 0.3 is 13.8 Å². The lowest BCUT2D eigenvalue weighted by Gasteiger charge is -2.21. The molecule has 2 aromatic carbocycles. The lowest BCUT2D eigenvalue weighted by molar-refractivity contribution is -0.274. The molecule has 0 bridgehead atoms. The van der Waals surface area contributed by atoms with Crippen LogP contribution in [0.5, 0.6) is 11.5 Å². The molecule has 2 N–H and O–H groups in total. The summed E-state index contributed by atoms with van der Waals surface area (Å²) in [4.78, 5) is 9.98. The van der Waals surface area contributed by atoms with E-state index in [4.69, 9.17) is 15.4 Å². The number of hydrogen-bond acceptors (Lipinski definition) is 5. The van der Waals surface area contributed by atoms with E-state index in [-0.39, 0.29) is 17.0 Å². The number of nitriles is 1. The first-order valence-corrected chi connectivity index (χ1v) is 6.75. The van der Waals surface area contributed by atoms with Crippen molar-refractivity contribution in [3.05, 3.63) is 41.5 Å². The zero-order valence-electron chi connectivity index (χ0n) is 12.1. The van der Waals surface area contributed by atoms with E-state index in [9.17, 15) is 18.4 Å². The molecule has 0 saturated carbocycles. The summed E-state index contributed by atoms with van der Waals surface area (Å²) in [5.41, 5.74) is 8.05. The van der Waals surface area contributed by atoms with E-state index in [1.54, 1.807) is 0 Å². The van der Waals surface area contributed by atoms with E-state index < -0.39 is 6.36 Å². The molecular formula is C15H9BF3N2O3. The van der Waals surface area contributed by atoms with Gasteiger partial charge in [-0.3, -0.25) is 4.81 Å². The molecule has 3 rings (SSSR count). The normalized spacial score (nSPS) is 13.2. The lowest BCUT2D eigenvalue weighted by Crippen LogP contribution is -2.17. The molecule has 9 heteroatoms. The van der Waals surface area contributed by atoms with Gasteiger partial charge in [0.2, 0.25) is 0 Å². The van der Waals surface area contributed by atoms with E-state index in [1.165, 1.54) is 37.8 Å². The third-order valence-electron chi connectivity index (χ3n) is 3.41. The van der Waals surface area contributed by atoms with Crippen LogP contribution in [0.1, 0.15) is 11.1 Å². The molecule has 0 aromatic heterocycles. The van der Waals surface area contributed by atoms with Crippen molar-refractivity contribution in [1.29, 1.82) is 5.26 Å². The van der Waals surface area contributed by atoms with Gasteiger partial charge in [0, 0.05) is 11.1 Å².